The van der Waals surface area contributed by atoms with Crippen molar-refractivity contribution >= 4 is 6.09 Å². The zero-order valence-electron chi connectivity index (χ0n) is 17.7. The lowest BCUT2D eigenvalue weighted by Crippen LogP contribution is -2.32. The molecule has 0 aliphatic carbocycles. The number of benzene rings is 3. The lowest BCUT2D eigenvalue weighted by atomic mass is 10.0. The van der Waals surface area contributed by atoms with E-state index in [-0.39, 0.29) is 0 Å². The molecule has 1 amide bonds. The van der Waals surface area contributed by atoms with E-state index in [1.54, 1.807) is 12.1 Å². The summed E-state index contributed by atoms with van der Waals surface area (Å²) in [5, 5.41) is 2.83. The number of likely N-dealkylation sites (tertiary alicyclic amines) is 1. The van der Waals surface area contributed by atoms with Gasteiger partial charge in [0.15, 0.2) is 6.10 Å². The van der Waals surface area contributed by atoms with Gasteiger partial charge in [0.05, 0.1) is 0 Å². The summed E-state index contributed by atoms with van der Waals surface area (Å²) in [4.78, 5) is 14.9. The summed E-state index contributed by atoms with van der Waals surface area (Å²) in [6.45, 7) is 3.25. The quantitative estimate of drug-likeness (QED) is 0.546. The Bertz CT molecular complexity index is 999. The van der Waals surface area contributed by atoms with Crippen molar-refractivity contribution in [2.75, 3.05) is 19.6 Å². The highest BCUT2D eigenvalue weighted by Gasteiger charge is 2.25. The zero-order valence-corrected chi connectivity index (χ0v) is 17.7. The third-order valence-electron chi connectivity index (χ3n) is 5.68. The predicted molar refractivity (Wildman–Crippen MR) is 119 cm³/mol. The molecule has 1 heterocycles. The molecule has 0 radical (unpaired) electrons. The van der Waals surface area contributed by atoms with Crippen molar-refractivity contribution in [1.29, 1.82) is 0 Å². The zero-order chi connectivity index (χ0) is 22.3. The molecule has 3 aromatic carbocycles. The molecule has 32 heavy (non-hydrogen) atoms. The van der Waals surface area contributed by atoms with E-state index in [2.05, 4.69) is 22.3 Å². The number of nitrogens with zero attached hydrogens (tertiary/aromatic N) is 1. The van der Waals surface area contributed by atoms with Crippen molar-refractivity contribution < 1.29 is 18.3 Å². The van der Waals surface area contributed by atoms with Gasteiger partial charge >= 0.3 is 6.09 Å². The highest BCUT2D eigenvalue weighted by atomic mass is 19.1. The lowest BCUT2D eigenvalue weighted by Gasteiger charge is -2.20. The van der Waals surface area contributed by atoms with Crippen LogP contribution in [0.4, 0.5) is 13.6 Å². The molecule has 1 N–H and O–H groups in total. The Balaban J connectivity index is 1.35. The van der Waals surface area contributed by atoms with Crippen LogP contribution in [0, 0.1) is 17.6 Å². The third-order valence-corrected chi connectivity index (χ3v) is 5.68. The first-order valence-corrected chi connectivity index (χ1v) is 10.8. The largest absolute Gasteiger partial charge is 0.436 e. The Morgan fingerprint density at radius 3 is 2.25 bits per heavy atom. The molecule has 1 fully saturated rings. The Labute approximate surface area is 186 Å². The summed E-state index contributed by atoms with van der Waals surface area (Å²) in [6, 6.07) is 21.9. The van der Waals surface area contributed by atoms with E-state index in [9.17, 15) is 13.6 Å². The second-order valence-electron chi connectivity index (χ2n) is 8.15. The molecule has 166 valence electrons. The van der Waals surface area contributed by atoms with E-state index in [1.807, 2.05) is 18.2 Å². The number of hydrogen-bond donors (Lipinski definition) is 1. The van der Waals surface area contributed by atoms with Gasteiger partial charge in [-0.05, 0) is 59.8 Å². The first-order chi connectivity index (χ1) is 15.6. The first kappa shape index (κ1) is 22.0. The van der Waals surface area contributed by atoms with Gasteiger partial charge in [0, 0.05) is 19.6 Å². The Morgan fingerprint density at radius 1 is 0.969 bits per heavy atom. The summed E-state index contributed by atoms with van der Waals surface area (Å²) < 4.78 is 33.2. The van der Waals surface area contributed by atoms with Gasteiger partial charge in [0.2, 0.25) is 0 Å². The van der Waals surface area contributed by atoms with Crippen molar-refractivity contribution in [2.45, 2.75) is 19.1 Å². The molecule has 0 saturated carbocycles. The van der Waals surface area contributed by atoms with Gasteiger partial charge in [0.1, 0.15) is 11.6 Å². The van der Waals surface area contributed by atoms with Gasteiger partial charge in [-0.1, -0.05) is 54.6 Å². The highest BCUT2D eigenvalue weighted by Crippen LogP contribution is 2.27. The summed E-state index contributed by atoms with van der Waals surface area (Å²) >= 11 is 0. The van der Waals surface area contributed by atoms with E-state index in [1.165, 1.54) is 42.0 Å². The molecular weight excluding hydrogens is 410 g/mol. The van der Waals surface area contributed by atoms with Crippen LogP contribution >= 0.6 is 0 Å². The fourth-order valence-electron chi connectivity index (χ4n) is 4.11. The Morgan fingerprint density at radius 2 is 1.62 bits per heavy atom. The topological polar surface area (TPSA) is 41.6 Å². The van der Waals surface area contributed by atoms with E-state index in [4.69, 9.17) is 4.74 Å². The molecule has 1 unspecified atom stereocenters. The van der Waals surface area contributed by atoms with E-state index >= 15 is 0 Å². The molecule has 1 aliphatic rings. The van der Waals surface area contributed by atoms with E-state index < -0.39 is 23.8 Å². The summed E-state index contributed by atoms with van der Waals surface area (Å²) in [7, 11) is 0. The minimum atomic E-state index is -0.903. The first-order valence-electron chi connectivity index (χ1n) is 10.8. The number of alkyl carbamates (subject to hydrolysis) is 1. The Hall–Kier alpha value is -3.25. The van der Waals surface area contributed by atoms with Gasteiger partial charge in [-0.2, -0.15) is 0 Å². The Kier molecular flexibility index (Phi) is 7.12. The molecule has 4 rings (SSSR count). The smallest absolute Gasteiger partial charge is 0.408 e. The summed E-state index contributed by atoms with van der Waals surface area (Å²) in [6.07, 6.45) is -0.519. The number of carbonyl (C=O) groups is 1. The number of rotatable bonds is 7. The molecule has 4 nitrogen and oxygen atoms in total. The van der Waals surface area contributed by atoms with E-state index in [0.717, 1.165) is 26.1 Å². The molecule has 3 aromatic rings. The molecule has 0 spiro atoms. The van der Waals surface area contributed by atoms with Gasteiger partial charge in [-0.3, -0.25) is 4.90 Å². The van der Waals surface area contributed by atoms with Crippen LogP contribution in [0.15, 0.2) is 78.9 Å². The number of amides is 1. The monoisotopic (exact) mass is 436 g/mol. The highest BCUT2D eigenvalue weighted by molar-refractivity contribution is 5.68. The maximum absolute atomic E-state index is 13.8. The van der Waals surface area contributed by atoms with Crippen molar-refractivity contribution in [3.05, 3.63) is 107 Å². The standard InChI is InChI=1S/C26H26F2N2O2/c27-23-10-4-8-21(14-23)25(22-9-5-11-24(28)15-22)32-26(31)29-16-20-12-13-30(18-20)17-19-6-2-1-3-7-19/h1-11,14-15,20,25H,12-13,16-18H2,(H,29,31). The van der Waals surface area contributed by atoms with Crippen LogP contribution in [0.2, 0.25) is 0 Å². The number of nitrogens with one attached hydrogen (secondary N) is 1. The van der Waals surface area contributed by atoms with Crippen LogP contribution in [-0.4, -0.2) is 30.6 Å². The minimum absolute atomic E-state index is 0.327. The molecule has 1 saturated heterocycles. The number of carbonyl (C=O) groups excluding carboxylic acids is 1. The van der Waals surface area contributed by atoms with Crippen molar-refractivity contribution in [3.8, 4) is 0 Å². The average Bonchev–Trinajstić information content (AvgIpc) is 3.24. The van der Waals surface area contributed by atoms with Gasteiger partial charge in [-0.15, -0.1) is 0 Å². The fourth-order valence-corrected chi connectivity index (χ4v) is 4.11. The van der Waals surface area contributed by atoms with Crippen LogP contribution in [0.1, 0.15) is 29.2 Å². The van der Waals surface area contributed by atoms with Crippen LogP contribution in [0.25, 0.3) is 0 Å². The number of ether oxygens (including phenoxy) is 1. The van der Waals surface area contributed by atoms with Crippen molar-refractivity contribution in [1.82, 2.24) is 10.2 Å². The molecule has 1 atom stereocenters. The molecule has 1 aliphatic heterocycles. The maximum Gasteiger partial charge on any atom is 0.408 e. The lowest BCUT2D eigenvalue weighted by molar-refractivity contribution is 0.115. The third kappa shape index (κ3) is 5.92. The molecule has 0 aromatic heterocycles. The SMILES string of the molecule is O=C(NCC1CCN(Cc2ccccc2)C1)OC(c1cccc(F)c1)c1cccc(F)c1. The minimum Gasteiger partial charge on any atom is -0.436 e. The van der Waals surface area contributed by atoms with Gasteiger partial charge < -0.3 is 10.1 Å². The maximum atomic E-state index is 13.8. The van der Waals surface area contributed by atoms with E-state index in [0.29, 0.717) is 23.6 Å². The summed E-state index contributed by atoms with van der Waals surface area (Å²) in [5.74, 6) is -0.567. The number of halogens is 2. The van der Waals surface area contributed by atoms with Gasteiger partial charge in [-0.25, -0.2) is 13.6 Å². The second kappa shape index (κ2) is 10.4. The molecule has 0 bridgehead atoms. The fraction of sp³-hybridized carbons (Fsp3) is 0.269. The molecular formula is C26H26F2N2O2. The van der Waals surface area contributed by atoms with Crippen LogP contribution in [0.5, 0.6) is 0 Å². The van der Waals surface area contributed by atoms with Crippen molar-refractivity contribution in [2.24, 2.45) is 5.92 Å². The van der Waals surface area contributed by atoms with Gasteiger partial charge in [0.25, 0.3) is 0 Å². The number of hydrogen-bond acceptors (Lipinski definition) is 3. The summed E-state index contributed by atoms with van der Waals surface area (Å²) in [5.41, 5.74) is 2.16. The van der Waals surface area contributed by atoms with Crippen LogP contribution in [0.3, 0.4) is 0 Å². The van der Waals surface area contributed by atoms with Crippen LogP contribution < -0.4 is 5.32 Å². The molecule has 6 heteroatoms. The normalized spacial score (nSPS) is 16.3. The van der Waals surface area contributed by atoms with Crippen LogP contribution in [-0.2, 0) is 11.3 Å². The predicted octanol–water partition coefficient (Wildman–Crippen LogP) is 5.30. The second-order valence-corrected chi connectivity index (χ2v) is 8.15. The van der Waals surface area contributed by atoms with Crippen molar-refractivity contribution in [3.63, 3.8) is 0 Å². The average molecular weight is 437 g/mol.